The number of imidazole rings is 1. The number of aryl methyl sites for hydroxylation is 1. The number of rotatable bonds is 2. The van der Waals surface area contributed by atoms with Crippen LogP contribution in [0.15, 0.2) is 24.0 Å². The molecule has 1 unspecified atom stereocenters. The second-order valence-corrected chi connectivity index (χ2v) is 5.57. The zero-order chi connectivity index (χ0) is 15.9. The third kappa shape index (κ3) is 2.40. The number of aromatic nitrogens is 2. The summed E-state index contributed by atoms with van der Waals surface area (Å²) >= 11 is 0. The van der Waals surface area contributed by atoms with Crippen molar-refractivity contribution in [3.8, 4) is 0 Å². The Kier molecular flexibility index (Phi) is 3.50. The molecule has 2 aromatic rings. The summed E-state index contributed by atoms with van der Waals surface area (Å²) in [4.78, 5) is 29.9. The van der Waals surface area contributed by atoms with Gasteiger partial charge in [-0.05, 0) is 24.6 Å². The van der Waals surface area contributed by atoms with Gasteiger partial charge in [0, 0.05) is 29.4 Å². The lowest BCUT2D eigenvalue weighted by Crippen LogP contribution is -2.26. The predicted molar refractivity (Wildman–Crippen MR) is 86.1 cm³/mol. The summed E-state index contributed by atoms with van der Waals surface area (Å²) in [7, 11) is 2.40. The van der Waals surface area contributed by atoms with Crippen LogP contribution in [-0.4, -0.2) is 20.8 Å². The van der Waals surface area contributed by atoms with Crippen LogP contribution in [0, 0.1) is 17.0 Å². The first-order chi connectivity index (χ1) is 10.5. The van der Waals surface area contributed by atoms with Gasteiger partial charge in [-0.25, -0.2) is 4.98 Å². The summed E-state index contributed by atoms with van der Waals surface area (Å²) in [6.07, 6.45) is 3.59. The maximum Gasteiger partial charge on any atom is 0.276 e. The lowest BCUT2D eigenvalue weighted by atomic mass is 9.96. The Balaban J connectivity index is 2.06. The number of H-pyrrole nitrogens is 1. The third-order valence-electron chi connectivity index (χ3n) is 3.62. The van der Waals surface area contributed by atoms with Gasteiger partial charge in [-0.15, -0.1) is 0 Å². The molecule has 8 heteroatoms. The molecule has 0 fully saturated rings. The molecule has 0 spiro atoms. The fourth-order valence-corrected chi connectivity index (χ4v) is 2.85. The Morgan fingerprint density at radius 3 is 2.86 bits per heavy atom. The minimum Gasteiger partial charge on any atom is -0.348 e. The van der Waals surface area contributed by atoms with E-state index in [1.54, 1.807) is 18.5 Å². The molecule has 0 radical (unpaired) electrons. The number of hydrogen-bond donors (Lipinski definition) is 2. The molecule has 1 amide bonds. The maximum atomic E-state index is 12.2. The molecule has 22 heavy (non-hydrogen) atoms. The molecule has 1 atom stereocenters. The molecule has 1 aliphatic heterocycles. The standard InChI is InChI=1S/C14H13N4O3P/c1-7-11(16-6-15-7)5-8-4-9-10(17-14(8)19)2-3-12(13(9)22)18(20)21/h2-3,5-6H,4,22H2,1H3,(H,15,16)(H,17,19)/b8-5-. The van der Waals surface area contributed by atoms with Crippen molar-refractivity contribution in [1.82, 2.24) is 9.97 Å². The van der Waals surface area contributed by atoms with Crippen LogP contribution in [0.4, 0.5) is 11.4 Å². The van der Waals surface area contributed by atoms with E-state index in [-0.39, 0.29) is 11.6 Å². The summed E-state index contributed by atoms with van der Waals surface area (Å²) < 4.78 is 0. The normalized spacial score (nSPS) is 15.5. The third-order valence-corrected chi connectivity index (χ3v) is 4.26. The zero-order valence-electron chi connectivity index (χ0n) is 11.7. The lowest BCUT2D eigenvalue weighted by molar-refractivity contribution is -0.383. The number of amides is 1. The van der Waals surface area contributed by atoms with Gasteiger partial charge in [0.05, 0.1) is 22.2 Å². The predicted octanol–water partition coefficient (Wildman–Crippen LogP) is 1.70. The highest BCUT2D eigenvalue weighted by molar-refractivity contribution is 7.28. The molecule has 0 aliphatic carbocycles. The van der Waals surface area contributed by atoms with E-state index in [9.17, 15) is 14.9 Å². The molecule has 0 saturated carbocycles. The molecule has 7 nitrogen and oxygen atoms in total. The van der Waals surface area contributed by atoms with Gasteiger partial charge in [-0.3, -0.25) is 14.9 Å². The van der Waals surface area contributed by atoms with Crippen molar-refractivity contribution in [1.29, 1.82) is 0 Å². The van der Waals surface area contributed by atoms with Gasteiger partial charge in [-0.2, -0.15) is 0 Å². The number of nitro benzene ring substituents is 1. The molecule has 1 aromatic heterocycles. The van der Waals surface area contributed by atoms with Crippen molar-refractivity contribution in [3.05, 3.63) is 51.1 Å². The minimum absolute atomic E-state index is 0.0233. The van der Waals surface area contributed by atoms with Crippen LogP contribution in [0.1, 0.15) is 17.0 Å². The fourth-order valence-electron chi connectivity index (χ4n) is 2.39. The Bertz CT molecular complexity index is 825. The Morgan fingerprint density at radius 2 is 2.23 bits per heavy atom. The van der Waals surface area contributed by atoms with Crippen molar-refractivity contribution >= 4 is 37.9 Å². The number of carbonyl (C=O) groups excluding carboxylic acids is 1. The summed E-state index contributed by atoms with van der Waals surface area (Å²) in [6.45, 7) is 1.86. The van der Waals surface area contributed by atoms with Gasteiger partial charge in [-0.1, -0.05) is 9.24 Å². The summed E-state index contributed by atoms with van der Waals surface area (Å²) in [5, 5.41) is 14.3. The van der Waals surface area contributed by atoms with Crippen LogP contribution in [0.5, 0.6) is 0 Å². The number of nitrogens with one attached hydrogen (secondary N) is 2. The summed E-state index contributed by atoms with van der Waals surface area (Å²) in [6, 6.07) is 2.96. The number of nitro groups is 1. The van der Waals surface area contributed by atoms with Crippen LogP contribution < -0.4 is 10.6 Å². The van der Waals surface area contributed by atoms with Crippen molar-refractivity contribution in [2.45, 2.75) is 13.3 Å². The Labute approximate surface area is 128 Å². The summed E-state index contributed by atoms with van der Waals surface area (Å²) in [5.74, 6) is -0.215. The highest BCUT2D eigenvalue weighted by atomic mass is 31.0. The van der Waals surface area contributed by atoms with Crippen molar-refractivity contribution in [3.63, 3.8) is 0 Å². The molecular formula is C14H13N4O3P. The van der Waals surface area contributed by atoms with Crippen molar-refractivity contribution in [2.75, 3.05) is 5.32 Å². The largest absolute Gasteiger partial charge is 0.348 e. The zero-order valence-corrected chi connectivity index (χ0v) is 12.9. The number of anilines is 1. The smallest absolute Gasteiger partial charge is 0.276 e. The van der Waals surface area contributed by atoms with Gasteiger partial charge in [0.25, 0.3) is 11.6 Å². The fraction of sp³-hybridized carbons (Fsp3) is 0.143. The average Bonchev–Trinajstić information content (AvgIpc) is 2.86. The Morgan fingerprint density at radius 1 is 1.45 bits per heavy atom. The molecule has 112 valence electrons. The summed E-state index contributed by atoms with van der Waals surface area (Å²) in [5.41, 5.74) is 3.43. The lowest BCUT2D eigenvalue weighted by Gasteiger charge is -2.20. The minimum atomic E-state index is -0.430. The number of hydrogen-bond acceptors (Lipinski definition) is 4. The first-order valence-corrected chi connectivity index (χ1v) is 7.12. The molecule has 1 aromatic carbocycles. The van der Waals surface area contributed by atoms with Crippen LogP contribution in [0.3, 0.4) is 0 Å². The second-order valence-electron chi connectivity index (χ2n) is 4.99. The number of fused-ring (bicyclic) bond motifs is 1. The van der Waals surface area contributed by atoms with E-state index in [2.05, 4.69) is 24.5 Å². The van der Waals surface area contributed by atoms with Gasteiger partial charge < -0.3 is 10.3 Å². The van der Waals surface area contributed by atoms with Crippen LogP contribution in [0.25, 0.3) is 6.08 Å². The van der Waals surface area contributed by atoms with E-state index in [0.29, 0.717) is 28.7 Å². The SMILES string of the molecule is Cc1[nH]cnc1/C=C1/Cc2c(ccc([N+](=O)[O-])c2P)NC1=O. The molecule has 0 bridgehead atoms. The molecule has 0 saturated heterocycles. The van der Waals surface area contributed by atoms with Crippen molar-refractivity contribution in [2.24, 2.45) is 0 Å². The first-order valence-electron chi connectivity index (χ1n) is 6.55. The van der Waals surface area contributed by atoms with Crippen LogP contribution in [0.2, 0.25) is 0 Å². The molecule has 2 heterocycles. The highest BCUT2D eigenvalue weighted by Crippen LogP contribution is 2.29. The van der Waals surface area contributed by atoms with Crippen LogP contribution in [-0.2, 0) is 11.2 Å². The van der Waals surface area contributed by atoms with E-state index >= 15 is 0 Å². The van der Waals surface area contributed by atoms with E-state index in [1.165, 1.54) is 6.07 Å². The topological polar surface area (TPSA) is 101 Å². The average molecular weight is 316 g/mol. The second kappa shape index (κ2) is 5.35. The van der Waals surface area contributed by atoms with E-state index in [4.69, 9.17) is 0 Å². The molecule has 1 aliphatic rings. The van der Waals surface area contributed by atoms with Gasteiger partial charge in [0.1, 0.15) is 0 Å². The van der Waals surface area contributed by atoms with Crippen molar-refractivity contribution < 1.29 is 9.72 Å². The number of benzene rings is 1. The number of nitrogens with zero attached hydrogens (tertiary/aromatic N) is 2. The van der Waals surface area contributed by atoms with E-state index < -0.39 is 4.92 Å². The maximum absolute atomic E-state index is 12.2. The van der Waals surface area contributed by atoms with Crippen LogP contribution >= 0.6 is 9.24 Å². The first kappa shape index (κ1) is 14.4. The highest BCUT2D eigenvalue weighted by Gasteiger charge is 2.26. The van der Waals surface area contributed by atoms with Gasteiger partial charge in [0.15, 0.2) is 0 Å². The van der Waals surface area contributed by atoms with Gasteiger partial charge in [0.2, 0.25) is 0 Å². The number of aromatic amines is 1. The quantitative estimate of drug-likeness (QED) is 0.381. The monoisotopic (exact) mass is 316 g/mol. The molecular weight excluding hydrogens is 303 g/mol. The molecule has 2 N–H and O–H groups in total. The van der Waals surface area contributed by atoms with E-state index in [1.807, 2.05) is 6.92 Å². The molecule has 3 rings (SSSR count). The Hall–Kier alpha value is -2.53. The number of carbonyl (C=O) groups is 1. The van der Waals surface area contributed by atoms with Gasteiger partial charge >= 0.3 is 0 Å². The van der Waals surface area contributed by atoms with E-state index in [0.717, 1.165) is 11.3 Å².